The summed E-state index contributed by atoms with van der Waals surface area (Å²) >= 11 is 0. The number of aliphatic hydroxyl groups excluding tert-OH is 1. The van der Waals surface area contributed by atoms with Gasteiger partial charge in [0.05, 0.1) is 18.7 Å². The Morgan fingerprint density at radius 3 is 2.58 bits per heavy atom. The molecular formula is C24H19FN2O4. The Morgan fingerprint density at radius 2 is 1.90 bits per heavy atom. The van der Waals surface area contributed by atoms with Crippen molar-refractivity contribution in [2.45, 2.75) is 12.6 Å². The Hall–Kier alpha value is -4.00. The summed E-state index contributed by atoms with van der Waals surface area (Å²) < 4.78 is 18.7. The van der Waals surface area contributed by atoms with Crippen LogP contribution in [0.4, 0.5) is 4.39 Å². The molecule has 1 aliphatic rings. The molecular weight excluding hydrogens is 399 g/mol. The SMILES string of the molecule is COc1cccc(/C(O)=C2\C(=O)C(=O)N(Cc3cccnc3)[C@@H]2c2ccc(F)cc2)c1. The topological polar surface area (TPSA) is 79.7 Å². The van der Waals surface area contributed by atoms with E-state index in [2.05, 4.69) is 4.98 Å². The number of benzene rings is 2. The summed E-state index contributed by atoms with van der Waals surface area (Å²) in [7, 11) is 1.49. The molecule has 156 valence electrons. The van der Waals surface area contributed by atoms with E-state index in [1.807, 2.05) is 0 Å². The normalized spacial score (nSPS) is 17.7. The van der Waals surface area contributed by atoms with Crippen molar-refractivity contribution < 1.29 is 23.8 Å². The number of hydrogen-bond acceptors (Lipinski definition) is 5. The van der Waals surface area contributed by atoms with Crippen LogP contribution in [0.2, 0.25) is 0 Å². The maximum absolute atomic E-state index is 13.5. The largest absolute Gasteiger partial charge is 0.507 e. The monoisotopic (exact) mass is 418 g/mol. The minimum absolute atomic E-state index is 0.0613. The van der Waals surface area contributed by atoms with Gasteiger partial charge in [0.1, 0.15) is 17.3 Å². The van der Waals surface area contributed by atoms with E-state index in [-0.39, 0.29) is 17.9 Å². The third-order valence-corrected chi connectivity index (χ3v) is 5.14. The number of Topliss-reactive ketones (excluding diaryl/α,β-unsaturated/α-hetero) is 1. The van der Waals surface area contributed by atoms with E-state index in [0.29, 0.717) is 16.9 Å². The second-order valence-corrected chi connectivity index (χ2v) is 7.07. The summed E-state index contributed by atoms with van der Waals surface area (Å²) in [5.74, 6) is -1.82. The van der Waals surface area contributed by atoms with Gasteiger partial charge in [0, 0.05) is 24.5 Å². The third kappa shape index (κ3) is 3.90. The van der Waals surface area contributed by atoms with E-state index in [9.17, 15) is 19.1 Å². The number of aliphatic hydroxyl groups is 1. The van der Waals surface area contributed by atoms with Gasteiger partial charge in [-0.1, -0.05) is 30.3 Å². The van der Waals surface area contributed by atoms with Crippen molar-refractivity contribution >= 4 is 17.4 Å². The summed E-state index contributed by atoms with van der Waals surface area (Å²) in [6.07, 6.45) is 3.21. The molecule has 0 spiro atoms. The molecule has 7 heteroatoms. The first kappa shape index (κ1) is 20.3. The van der Waals surface area contributed by atoms with Crippen LogP contribution in [0.1, 0.15) is 22.7 Å². The zero-order valence-corrected chi connectivity index (χ0v) is 16.7. The highest BCUT2D eigenvalue weighted by molar-refractivity contribution is 6.46. The predicted molar refractivity (Wildman–Crippen MR) is 111 cm³/mol. The molecule has 2 heterocycles. The molecule has 0 bridgehead atoms. The fourth-order valence-electron chi connectivity index (χ4n) is 3.65. The van der Waals surface area contributed by atoms with Gasteiger partial charge in [-0.3, -0.25) is 14.6 Å². The predicted octanol–water partition coefficient (Wildman–Crippen LogP) is 3.85. The van der Waals surface area contributed by atoms with Crippen LogP contribution < -0.4 is 4.74 Å². The molecule has 0 saturated carbocycles. The molecule has 1 N–H and O–H groups in total. The maximum Gasteiger partial charge on any atom is 0.295 e. The molecule has 6 nitrogen and oxygen atoms in total. The number of carbonyl (C=O) groups excluding carboxylic acids is 2. The first-order valence-corrected chi connectivity index (χ1v) is 9.57. The van der Waals surface area contributed by atoms with Crippen LogP contribution in [0.15, 0.2) is 78.6 Å². The number of pyridine rings is 1. The van der Waals surface area contributed by atoms with E-state index < -0.39 is 23.5 Å². The van der Waals surface area contributed by atoms with Crippen LogP contribution in [0.5, 0.6) is 5.75 Å². The molecule has 3 aromatic rings. The van der Waals surface area contributed by atoms with Crippen molar-refractivity contribution in [1.29, 1.82) is 0 Å². The molecule has 2 aromatic carbocycles. The Balaban J connectivity index is 1.86. The van der Waals surface area contributed by atoms with E-state index in [0.717, 1.165) is 5.56 Å². The number of aromatic nitrogens is 1. The van der Waals surface area contributed by atoms with Gasteiger partial charge in [-0.15, -0.1) is 0 Å². The number of hydrogen-bond donors (Lipinski definition) is 1. The van der Waals surface area contributed by atoms with Gasteiger partial charge in [-0.2, -0.15) is 0 Å². The highest BCUT2D eigenvalue weighted by Gasteiger charge is 2.46. The van der Waals surface area contributed by atoms with Crippen molar-refractivity contribution in [2.24, 2.45) is 0 Å². The lowest BCUT2D eigenvalue weighted by Crippen LogP contribution is -2.29. The highest BCUT2D eigenvalue weighted by atomic mass is 19.1. The zero-order valence-electron chi connectivity index (χ0n) is 16.7. The second kappa shape index (κ2) is 8.39. The molecule has 1 aliphatic heterocycles. The summed E-state index contributed by atoms with van der Waals surface area (Å²) in [6.45, 7) is 0.106. The van der Waals surface area contributed by atoms with Crippen LogP contribution in [0.3, 0.4) is 0 Å². The lowest BCUT2D eigenvalue weighted by molar-refractivity contribution is -0.140. The first-order valence-electron chi connectivity index (χ1n) is 9.57. The van der Waals surface area contributed by atoms with Gasteiger partial charge < -0.3 is 14.7 Å². The van der Waals surface area contributed by atoms with Gasteiger partial charge in [0.2, 0.25) is 0 Å². The molecule has 1 fully saturated rings. The Labute approximate surface area is 178 Å². The van der Waals surface area contributed by atoms with Gasteiger partial charge >= 0.3 is 0 Å². The molecule has 0 radical (unpaired) electrons. The van der Waals surface area contributed by atoms with Crippen molar-refractivity contribution in [3.8, 4) is 5.75 Å². The first-order chi connectivity index (χ1) is 15.0. The van der Waals surface area contributed by atoms with E-state index >= 15 is 0 Å². The van der Waals surface area contributed by atoms with Crippen LogP contribution in [0, 0.1) is 5.82 Å². The highest BCUT2D eigenvalue weighted by Crippen LogP contribution is 2.40. The summed E-state index contributed by atoms with van der Waals surface area (Å²) in [5, 5.41) is 11.0. The minimum Gasteiger partial charge on any atom is -0.507 e. The van der Waals surface area contributed by atoms with Crippen molar-refractivity contribution in [1.82, 2.24) is 9.88 Å². The molecule has 0 unspecified atom stereocenters. The average molecular weight is 418 g/mol. The Morgan fingerprint density at radius 1 is 1.13 bits per heavy atom. The van der Waals surface area contributed by atoms with Crippen LogP contribution >= 0.6 is 0 Å². The van der Waals surface area contributed by atoms with Gasteiger partial charge in [0.25, 0.3) is 11.7 Å². The standard InChI is InChI=1S/C24H19FN2O4/c1-31-19-6-2-5-17(12-19)22(28)20-21(16-7-9-18(25)10-8-16)27(24(30)23(20)29)14-15-4-3-11-26-13-15/h2-13,21,28H,14H2,1H3/b22-20+/t21-/m1/s1. The van der Waals surface area contributed by atoms with Gasteiger partial charge in [-0.05, 0) is 41.5 Å². The zero-order chi connectivity index (χ0) is 22.0. The summed E-state index contributed by atoms with van der Waals surface area (Å²) in [6, 6.07) is 14.7. The lowest BCUT2D eigenvalue weighted by Gasteiger charge is -2.25. The fraction of sp³-hybridized carbons (Fsp3) is 0.125. The van der Waals surface area contributed by atoms with Gasteiger partial charge in [0.15, 0.2) is 0 Å². The number of ether oxygens (including phenoxy) is 1. The number of rotatable bonds is 5. The van der Waals surface area contributed by atoms with Crippen LogP contribution in [-0.2, 0) is 16.1 Å². The minimum atomic E-state index is -0.882. The van der Waals surface area contributed by atoms with Crippen molar-refractivity contribution in [3.05, 3.63) is 101 Å². The second-order valence-electron chi connectivity index (χ2n) is 7.07. The average Bonchev–Trinajstić information content (AvgIpc) is 3.05. The van der Waals surface area contributed by atoms with E-state index in [4.69, 9.17) is 4.74 Å². The van der Waals surface area contributed by atoms with E-state index in [1.54, 1.807) is 48.8 Å². The number of ketones is 1. The maximum atomic E-state index is 13.5. The van der Waals surface area contributed by atoms with Crippen LogP contribution in [-0.4, -0.2) is 33.8 Å². The number of methoxy groups -OCH3 is 1. The fourth-order valence-corrected chi connectivity index (χ4v) is 3.65. The number of likely N-dealkylation sites (tertiary alicyclic amines) is 1. The number of carbonyl (C=O) groups is 2. The van der Waals surface area contributed by atoms with Crippen LogP contribution in [0.25, 0.3) is 5.76 Å². The Kier molecular flexibility index (Phi) is 5.49. The summed E-state index contributed by atoms with van der Waals surface area (Å²) in [5.41, 5.74) is 1.51. The van der Waals surface area contributed by atoms with E-state index in [1.165, 1.54) is 36.3 Å². The Bertz CT molecular complexity index is 1160. The molecule has 1 amide bonds. The number of nitrogens with zero attached hydrogens (tertiary/aromatic N) is 2. The molecule has 0 aliphatic carbocycles. The van der Waals surface area contributed by atoms with Gasteiger partial charge in [-0.25, -0.2) is 4.39 Å². The summed E-state index contributed by atoms with van der Waals surface area (Å²) in [4.78, 5) is 31.4. The molecule has 1 aromatic heterocycles. The lowest BCUT2D eigenvalue weighted by atomic mass is 9.95. The smallest absolute Gasteiger partial charge is 0.295 e. The van der Waals surface area contributed by atoms with Crippen molar-refractivity contribution in [3.63, 3.8) is 0 Å². The third-order valence-electron chi connectivity index (χ3n) is 5.14. The molecule has 31 heavy (non-hydrogen) atoms. The molecule has 1 saturated heterocycles. The quantitative estimate of drug-likeness (QED) is 0.387. The number of halogens is 1. The van der Waals surface area contributed by atoms with Crippen molar-refractivity contribution in [2.75, 3.05) is 7.11 Å². The molecule has 4 rings (SSSR count). The number of amides is 1. The molecule has 1 atom stereocenters.